The lowest BCUT2D eigenvalue weighted by Crippen LogP contribution is -2.35. The first-order valence-corrected chi connectivity index (χ1v) is 11.3. The van der Waals surface area contributed by atoms with E-state index in [9.17, 15) is 36.3 Å². The maximum Gasteiger partial charge on any atom is 0.451 e. The number of aryl methyl sites for hydroxylation is 3. The summed E-state index contributed by atoms with van der Waals surface area (Å²) in [6.45, 7) is 7.88. The molecule has 11 heteroatoms. The van der Waals surface area contributed by atoms with Crippen LogP contribution >= 0.6 is 0 Å². The lowest BCUT2D eigenvalue weighted by Gasteiger charge is -2.20. The number of halogens is 3. The van der Waals surface area contributed by atoms with Crippen molar-refractivity contribution in [2.24, 2.45) is 0 Å². The SMILES string of the molecule is Cc1cc(C)c(S(=O)(=O)Nc2ccc(O)c([C@@H](C(=O)OC(C)C)C(=O)C(F)(F)F)c2)cc1C. The number of phenolic OH excluding ortho intramolecular Hbond substituents is 1. The van der Waals surface area contributed by atoms with Crippen molar-refractivity contribution in [3.63, 3.8) is 0 Å². The van der Waals surface area contributed by atoms with Gasteiger partial charge in [0.2, 0.25) is 0 Å². The molecule has 2 N–H and O–H groups in total. The predicted molar refractivity (Wildman–Crippen MR) is 115 cm³/mol. The van der Waals surface area contributed by atoms with Crippen molar-refractivity contribution in [2.75, 3.05) is 4.72 Å². The Morgan fingerprint density at radius 3 is 2.12 bits per heavy atom. The predicted octanol–water partition coefficient (Wildman–Crippen LogP) is 4.28. The molecule has 0 aliphatic carbocycles. The van der Waals surface area contributed by atoms with Gasteiger partial charge in [0.25, 0.3) is 15.8 Å². The van der Waals surface area contributed by atoms with E-state index in [1.807, 2.05) is 6.92 Å². The van der Waals surface area contributed by atoms with Crippen molar-refractivity contribution in [3.8, 4) is 5.75 Å². The average Bonchev–Trinajstić information content (AvgIpc) is 2.65. The van der Waals surface area contributed by atoms with Crippen LogP contribution in [0.1, 0.15) is 42.0 Å². The zero-order valence-corrected chi connectivity index (χ0v) is 19.4. The van der Waals surface area contributed by atoms with E-state index in [1.165, 1.54) is 19.9 Å². The molecule has 0 saturated carbocycles. The summed E-state index contributed by atoms with van der Waals surface area (Å²) in [5, 5.41) is 10.1. The zero-order chi connectivity index (χ0) is 25.3. The van der Waals surface area contributed by atoms with Crippen LogP contribution < -0.4 is 4.72 Å². The van der Waals surface area contributed by atoms with E-state index in [2.05, 4.69) is 4.72 Å². The number of hydrogen-bond donors (Lipinski definition) is 2. The number of ketones is 1. The number of rotatable bonds is 7. The summed E-state index contributed by atoms with van der Waals surface area (Å²) in [5.74, 6) is -7.30. The Morgan fingerprint density at radius 2 is 1.58 bits per heavy atom. The molecule has 7 nitrogen and oxygen atoms in total. The fourth-order valence-corrected chi connectivity index (χ4v) is 4.48. The number of carbonyl (C=O) groups excluding carboxylic acids is 2. The van der Waals surface area contributed by atoms with Crippen molar-refractivity contribution in [2.45, 2.75) is 57.7 Å². The highest BCUT2D eigenvalue weighted by Gasteiger charge is 2.48. The maximum atomic E-state index is 13.2. The van der Waals surface area contributed by atoms with Gasteiger partial charge in [-0.05, 0) is 75.6 Å². The highest BCUT2D eigenvalue weighted by atomic mass is 32.2. The molecule has 0 aromatic heterocycles. The second-order valence-electron chi connectivity index (χ2n) is 7.86. The van der Waals surface area contributed by atoms with E-state index >= 15 is 0 Å². The van der Waals surface area contributed by atoms with Gasteiger partial charge in [0, 0.05) is 11.3 Å². The third kappa shape index (κ3) is 6.04. The van der Waals surface area contributed by atoms with Crippen LogP contribution in [0.2, 0.25) is 0 Å². The minimum Gasteiger partial charge on any atom is -0.508 e. The second kappa shape index (κ2) is 9.42. The van der Waals surface area contributed by atoms with Gasteiger partial charge in [-0.3, -0.25) is 14.3 Å². The van der Waals surface area contributed by atoms with Crippen LogP contribution in [0.3, 0.4) is 0 Å². The molecule has 0 heterocycles. The van der Waals surface area contributed by atoms with Gasteiger partial charge in [0.15, 0.2) is 5.92 Å². The monoisotopic (exact) mass is 487 g/mol. The number of carbonyl (C=O) groups is 2. The van der Waals surface area contributed by atoms with Gasteiger partial charge in [-0.15, -0.1) is 0 Å². The number of aromatic hydroxyl groups is 1. The second-order valence-corrected chi connectivity index (χ2v) is 9.51. The maximum absolute atomic E-state index is 13.2. The van der Waals surface area contributed by atoms with Crippen LogP contribution in [0.5, 0.6) is 5.75 Å². The molecule has 0 aliphatic rings. The first kappa shape index (κ1) is 26.2. The molecule has 1 atom stereocenters. The van der Waals surface area contributed by atoms with Gasteiger partial charge in [-0.1, -0.05) is 6.07 Å². The van der Waals surface area contributed by atoms with Crippen molar-refractivity contribution < 1.29 is 41.0 Å². The van der Waals surface area contributed by atoms with E-state index in [0.717, 1.165) is 23.8 Å². The summed E-state index contributed by atoms with van der Waals surface area (Å²) >= 11 is 0. The molecule has 0 radical (unpaired) electrons. The Bertz CT molecular complexity index is 1190. The molecule has 0 unspecified atom stereocenters. The summed E-state index contributed by atoms with van der Waals surface area (Å²) in [7, 11) is -4.18. The number of anilines is 1. The summed E-state index contributed by atoms with van der Waals surface area (Å²) in [6, 6.07) is 5.91. The van der Waals surface area contributed by atoms with E-state index in [4.69, 9.17) is 4.74 Å². The Hall–Kier alpha value is -3.08. The van der Waals surface area contributed by atoms with Crippen LogP contribution in [0.15, 0.2) is 35.2 Å². The Kier molecular flexibility index (Phi) is 7.47. The number of hydrogen-bond acceptors (Lipinski definition) is 6. The van der Waals surface area contributed by atoms with Gasteiger partial charge in [0.05, 0.1) is 11.0 Å². The molecule has 0 spiro atoms. The zero-order valence-electron chi connectivity index (χ0n) is 18.6. The molecule has 180 valence electrons. The molecule has 33 heavy (non-hydrogen) atoms. The van der Waals surface area contributed by atoms with Crippen molar-refractivity contribution in [1.29, 1.82) is 0 Å². The largest absolute Gasteiger partial charge is 0.508 e. The topological polar surface area (TPSA) is 110 Å². The van der Waals surface area contributed by atoms with E-state index in [-0.39, 0.29) is 10.6 Å². The van der Waals surface area contributed by atoms with Crippen LogP contribution in [0.4, 0.5) is 18.9 Å². The van der Waals surface area contributed by atoms with E-state index in [1.54, 1.807) is 19.9 Å². The number of phenols is 1. The van der Waals surface area contributed by atoms with Gasteiger partial charge >= 0.3 is 12.1 Å². The highest BCUT2D eigenvalue weighted by molar-refractivity contribution is 7.92. The first-order chi connectivity index (χ1) is 15.0. The summed E-state index contributed by atoms with van der Waals surface area (Å²) in [5.41, 5.74) is 1.03. The Morgan fingerprint density at radius 1 is 1.00 bits per heavy atom. The van der Waals surface area contributed by atoms with Crippen LogP contribution in [0.25, 0.3) is 0 Å². The van der Waals surface area contributed by atoms with Crippen molar-refractivity contribution >= 4 is 27.5 Å². The number of alkyl halides is 3. The summed E-state index contributed by atoms with van der Waals surface area (Å²) < 4.78 is 72.3. The van der Waals surface area contributed by atoms with E-state index in [0.29, 0.717) is 11.1 Å². The minimum absolute atomic E-state index is 0.0534. The van der Waals surface area contributed by atoms with Gasteiger partial charge in [0.1, 0.15) is 5.75 Å². The van der Waals surface area contributed by atoms with Gasteiger partial charge in [-0.2, -0.15) is 13.2 Å². The van der Waals surface area contributed by atoms with Crippen LogP contribution in [0, 0.1) is 20.8 Å². The molecule has 0 fully saturated rings. The standard InChI is InChI=1S/C22H24F3NO6S/c1-11(2)32-21(29)19(20(28)22(23,24)25)16-10-15(6-7-17(16)27)26-33(30,31)18-9-13(4)12(3)8-14(18)5/h6-11,19,26-27H,1-5H3/t19-/m1/s1. The van der Waals surface area contributed by atoms with Crippen molar-refractivity contribution in [1.82, 2.24) is 0 Å². The fourth-order valence-electron chi connectivity index (χ4n) is 3.12. The average molecular weight is 487 g/mol. The van der Waals surface area contributed by atoms with Gasteiger partial charge < -0.3 is 9.84 Å². The number of nitrogens with one attached hydrogen (secondary N) is 1. The Labute approximate surface area is 189 Å². The number of benzene rings is 2. The van der Waals surface area contributed by atoms with Gasteiger partial charge in [-0.25, -0.2) is 8.42 Å². The number of esters is 1. The molecule has 0 saturated heterocycles. The number of ether oxygens (including phenoxy) is 1. The fraction of sp³-hybridized carbons (Fsp3) is 0.364. The highest BCUT2D eigenvalue weighted by Crippen LogP contribution is 2.36. The summed E-state index contributed by atoms with van der Waals surface area (Å²) in [6.07, 6.45) is -6.24. The normalized spacial score (nSPS) is 13.0. The minimum atomic E-state index is -5.40. The first-order valence-electron chi connectivity index (χ1n) is 9.79. The lowest BCUT2D eigenvalue weighted by molar-refractivity contribution is -0.178. The third-order valence-electron chi connectivity index (χ3n) is 4.80. The summed E-state index contributed by atoms with van der Waals surface area (Å²) in [4.78, 5) is 24.3. The lowest BCUT2D eigenvalue weighted by atomic mass is 9.93. The number of sulfonamides is 1. The van der Waals surface area contributed by atoms with E-state index < -0.39 is 51.3 Å². The quantitative estimate of drug-likeness (QED) is 0.343. The van der Waals surface area contributed by atoms with Crippen LogP contribution in [-0.4, -0.2) is 37.6 Å². The van der Waals surface area contributed by atoms with Crippen molar-refractivity contribution in [3.05, 3.63) is 52.6 Å². The molecule has 0 amide bonds. The molecule has 0 bridgehead atoms. The third-order valence-corrected chi connectivity index (χ3v) is 6.32. The Balaban J connectivity index is 2.55. The molecule has 0 aliphatic heterocycles. The van der Waals surface area contributed by atoms with Crippen LogP contribution in [-0.2, 0) is 24.3 Å². The molecular formula is C22H24F3NO6S. The molecular weight excluding hydrogens is 463 g/mol. The smallest absolute Gasteiger partial charge is 0.451 e. The molecule has 2 aromatic carbocycles. The number of Topliss-reactive ketones (excluding diaryl/α,β-unsaturated/α-hetero) is 1. The molecule has 2 rings (SSSR count). The molecule has 2 aromatic rings.